The molecule has 0 saturated heterocycles. The van der Waals surface area contributed by atoms with Gasteiger partial charge < -0.3 is 15.3 Å². The minimum absolute atomic E-state index is 0.00435. The molecule has 1 rings (SSSR count). The van der Waals surface area contributed by atoms with Crippen molar-refractivity contribution in [1.82, 2.24) is 10.2 Å². The van der Waals surface area contributed by atoms with Gasteiger partial charge in [-0.2, -0.15) is 0 Å². The second-order valence-electron chi connectivity index (χ2n) is 5.47. The Kier molecular flexibility index (Phi) is 5.75. The molecule has 17 heavy (non-hydrogen) atoms. The average Bonchev–Trinajstić information content (AvgIpc) is 2.34. The number of hydrogen-bond acceptors (Lipinski definition) is 2. The highest BCUT2D eigenvalue weighted by Crippen LogP contribution is 2.27. The zero-order chi connectivity index (χ0) is 12.8. The monoisotopic (exact) mass is 242 g/mol. The van der Waals surface area contributed by atoms with Crippen LogP contribution < -0.4 is 5.32 Å². The van der Waals surface area contributed by atoms with Crippen LogP contribution in [-0.2, 0) is 0 Å². The van der Waals surface area contributed by atoms with Crippen molar-refractivity contribution in [3.8, 4) is 0 Å². The molecule has 1 saturated carbocycles. The van der Waals surface area contributed by atoms with Crippen molar-refractivity contribution >= 4 is 6.03 Å². The third kappa shape index (κ3) is 4.54. The third-order valence-corrected chi connectivity index (χ3v) is 3.83. The number of carbonyl (C=O) groups is 1. The molecule has 0 aromatic heterocycles. The smallest absolute Gasteiger partial charge is 0.317 e. The van der Waals surface area contributed by atoms with Crippen LogP contribution in [0.15, 0.2) is 0 Å². The molecule has 4 nitrogen and oxygen atoms in total. The molecule has 3 unspecified atom stereocenters. The van der Waals surface area contributed by atoms with Crippen molar-refractivity contribution in [2.75, 3.05) is 20.2 Å². The number of aliphatic hydroxyl groups is 1. The summed E-state index contributed by atoms with van der Waals surface area (Å²) in [6.45, 7) is 4.90. The molecule has 1 aliphatic carbocycles. The molecule has 2 amide bonds. The molecule has 1 fully saturated rings. The maximum absolute atomic E-state index is 11.8. The second-order valence-corrected chi connectivity index (χ2v) is 5.47. The van der Waals surface area contributed by atoms with Crippen LogP contribution in [0.4, 0.5) is 4.79 Å². The Labute approximate surface area is 104 Å². The highest BCUT2D eigenvalue weighted by Gasteiger charge is 2.20. The number of rotatable bonds is 4. The number of nitrogens with zero attached hydrogens (tertiary/aromatic N) is 1. The van der Waals surface area contributed by atoms with E-state index in [0.29, 0.717) is 5.92 Å². The maximum atomic E-state index is 11.8. The van der Waals surface area contributed by atoms with Gasteiger partial charge >= 0.3 is 6.03 Å². The molecule has 0 aliphatic heterocycles. The van der Waals surface area contributed by atoms with Gasteiger partial charge in [0.2, 0.25) is 0 Å². The summed E-state index contributed by atoms with van der Waals surface area (Å²) in [5.74, 6) is 1.42. The lowest BCUT2D eigenvalue weighted by Gasteiger charge is -2.29. The fraction of sp³-hybridized carbons (Fsp3) is 0.923. The van der Waals surface area contributed by atoms with E-state index in [9.17, 15) is 4.79 Å². The minimum atomic E-state index is -0.125. The third-order valence-electron chi connectivity index (χ3n) is 3.83. The summed E-state index contributed by atoms with van der Waals surface area (Å²) in [6.07, 6.45) is 5.06. The number of carbonyl (C=O) groups excluding carboxylic acids is 1. The van der Waals surface area contributed by atoms with Crippen LogP contribution in [-0.4, -0.2) is 42.3 Å². The van der Waals surface area contributed by atoms with E-state index in [4.69, 9.17) is 5.11 Å². The van der Waals surface area contributed by atoms with Crippen LogP contribution in [0, 0.1) is 11.8 Å². The summed E-state index contributed by atoms with van der Waals surface area (Å²) in [5, 5.41) is 11.9. The predicted octanol–water partition coefficient (Wildman–Crippen LogP) is 1.83. The Morgan fingerprint density at radius 2 is 2.24 bits per heavy atom. The second kappa shape index (κ2) is 6.84. The number of hydrogen-bond donors (Lipinski definition) is 2. The van der Waals surface area contributed by atoms with Crippen LogP contribution in [0.3, 0.4) is 0 Å². The van der Waals surface area contributed by atoms with Gasteiger partial charge in [0.25, 0.3) is 0 Å². The average molecular weight is 242 g/mol. The summed E-state index contributed by atoms with van der Waals surface area (Å²) in [4.78, 5) is 13.3. The van der Waals surface area contributed by atoms with Gasteiger partial charge in [-0.3, -0.25) is 0 Å². The van der Waals surface area contributed by atoms with Crippen molar-refractivity contribution in [3.05, 3.63) is 0 Å². The molecule has 2 N–H and O–H groups in total. The molecule has 0 radical (unpaired) electrons. The zero-order valence-electron chi connectivity index (χ0n) is 11.3. The zero-order valence-corrected chi connectivity index (χ0v) is 11.3. The molecule has 3 atom stereocenters. The minimum Gasteiger partial charge on any atom is -0.394 e. The first-order valence-electron chi connectivity index (χ1n) is 6.66. The topological polar surface area (TPSA) is 52.6 Å². The van der Waals surface area contributed by atoms with Gasteiger partial charge in [0.1, 0.15) is 0 Å². The molecule has 100 valence electrons. The molecular weight excluding hydrogens is 216 g/mol. The van der Waals surface area contributed by atoms with Crippen LogP contribution >= 0.6 is 0 Å². The van der Waals surface area contributed by atoms with Gasteiger partial charge in [-0.25, -0.2) is 4.79 Å². The Hall–Kier alpha value is -0.770. The summed E-state index contributed by atoms with van der Waals surface area (Å²) in [5.41, 5.74) is 0. The number of amides is 2. The van der Waals surface area contributed by atoms with E-state index in [-0.39, 0.29) is 18.7 Å². The van der Waals surface area contributed by atoms with Crippen molar-refractivity contribution in [1.29, 1.82) is 0 Å². The highest BCUT2D eigenvalue weighted by atomic mass is 16.3. The van der Waals surface area contributed by atoms with Gasteiger partial charge in [0, 0.05) is 13.6 Å². The lowest BCUT2D eigenvalue weighted by atomic mass is 9.82. The fourth-order valence-electron chi connectivity index (χ4n) is 2.42. The van der Waals surface area contributed by atoms with Gasteiger partial charge in [-0.05, 0) is 31.6 Å². The van der Waals surface area contributed by atoms with Crippen molar-refractivity contribution in [3.63, 3.8) is 0 Å². The van der Waals surface area contributed by atoms with Gasteiger partial charge in [-0.1, -0.05) is 19.8 Å². The summed E-state index contributed by atoms with van der Waals surface area (Å²) >= 11 is 0. The van der Waals surface area contributed by atoms with Crippen LogP contribution in [0.2, 0.25) is 0 Å². The number of urea groups is 1. The van der Waals surface area contributed by atoms with Gasteiger partial charge in [0.05, 0.1) is 12.6 Å². The number of aliphatic hydroxyl groups excluding tert-OH is 1. The molecule has 1 aliphatic rings. The fourth-order valence-corrected chi connectivity index (χ4v) is 2.42. The first-order valence-corrected chi connectivity index (χ1v) is 6.66. The lowest BCUT2D eigenvalue weighted by molar-refractivity contribution is 0.154. The van der Waals surface area contributed by atoms with E-state index in [2.05, 4.69) is 12.2 Å². The van der Waals surface area contributed by atoms with Crippen LogP contribution in [0.25, 0.3) is 0 Å². The van der Waals surface area contributed by atoms with E-state index in [1.807, 2.05) is 6.92 Å². The summed E-state index contributed by atoms with van der Waals surface area (Å²) in [7, 11) is 1.72. The molecule has 0 aromatic rings. The van der Waals surface area contributed by atoms with Crippen LogP contribution in [0.1, 0.15) is 39.5 Å². The molecule has 0 heterocycles. The predicted molar refractivity (Wildman–Crippen MR) is 68.8 cm³/mol. The lowest BCUT2D eigenvalue weighted by Crippen LogP contribution is -2.45. The van der Waals surface area contributed by atoms with Crippen LogP contribution in [0.5, 0.6) is 0 Å². The maximum Gasteiger partial charge on any atom is 0.317 e. The molecular formula is C13H26N2O2. The van der Waals surface area contributed by atoms with Gasteiger partial charge in [-0.15, -0.1) is 0 Å². The van der Waals surface area contributed by atoms with E-state index in [1.54, 1.807) is 11.9 Å². The molecule has 4 heteroatoms. The van der Waals surface area contributed by atoms with E-state index < -0.39 is 0 Å². The number of likely N-dealkylation sites (N-methyl/N-ethyl adjacent to an activating group) is 1. The largest absolute Gasteiger partial charge is 0.394 e. The Morgan fingerprint density at radius 1 is 1.53 bits per heavy atom. The standard InChI is InChI=1S/C13H26N2O2/c1-10-5-4-6-12(7-10)8-14-13(17)15(3)11(2)9-16/h10-12,16H,4-9H2,1-3H3,(H,14,17). The first-order chi connectivity index (χ1) is 8.04. The molecule has 0 spiro atoms. The quantitative estimate of drug-likeness (QED) is 0.790. The van der Waals surface area contributed by atoms with E-state index in [0.717, 1.165) is 12.5 Å². The molecule has 0 aromatic carbocycles. The van der Waals surface area contributed by atoms with E-state index >= 15 is 0 Å². The van der Waals surface area contributed by atoms with E-state index in [1.165, 1.54) is 25.7 Å². The Balaban J connectivity index is 2.27. The normalized spacial score (nSPS) is 26.4. The van der Waals surface area contributed by atoms with Gasteiger partial charge in [0.15, 0.2) is 0 Å². The Bertz CT molecular complexity index is 246. The van der Waals surface area contributed by atoms with Crippen molar-refractivity contribution < 1.29 is 9.90 Å². The number of nitrogens with one attached hydrogen (secondary N) is 1. The molecule has 0 bridgehead atoms. The highest BCUT2D eigenvalue weighted by molar-refractivity contribution is 5.74. The first kappa shape index (κ1) is 14.3. The van der Waals surface area contributed by atoms with Crippen molar-refractivity contribution in [2.45, 2.75) is 45.6 Å². The SMILES string of the molecule is CC1CCCC(CNC(=O)N(C)C(C)CO)C1. The summed E-state index contributed by atoms with van der Waals surface area (Å²) < 4.78 is 0. The van der Waals surface area contributed by atoms with Crippen molar-refractivity contribution in [2.24, 2.45) is 11.8 Å². The summed E-state index contributed by atoms with van der Waals surface area (Å²) in [6, 6.07) is -0.204. The Morgan fingerprint density at radius 3 is 2.82 bits per heavy atom.